The van der Waals surface area contributed by atoms with Gasteiger partial charge in [0.25, 0.3) is 0 Å². The highest BCUT2D eigenvalue weighted by Gasteiger charge is 2.43. The molecule has 1 saturated heterocycles. The summed E-state index contributed by atoms with van der Waals surface area (Å²) in [5, 5.41) is 0. The molecule has 98 valence electrons. The molecule has 2 N–H and O–H groups in total. The summed E-state index contributed by atoms with van der Waals surface area (Å²) in [7, 11) is 4.47. The summed E-state index contributed by atoms with van der Waals surface area (Å²) in [4.78, 5) is 5.62. The molecular weight excluding hydrogens is 230 g/mol. The van der Waals surface area contributed by atoms with Crippen molar-refractivity contribution < 1.29 is 0 Å². The van der Waals surface area contributed by atoms with Crippen molar-refractivity contribution in [3.8, 4) is 0 Å². The number of rotatable bonds is 6. The van der Waals surface area contributed by atoms with E-state index in [0.29, 0.717) is 10.4 Å². The van der Waals surface area contributed by atoms with Gasteiger partial charge in [-0.05, 0) is 51.2 Å². The standard InChI is InChI=1S/C13H25N3S/c1-15-6-3-11(8-15)9-16(2)10-13(4-5-13)7-12(14)17/h11H,3-10H2,1-2H3,(H2,14,17). The number of nitrogens with two attached hydrogens (primary N) is 1. The zero-order chi connectivity index (χ0) is 12.5. The van der Waals surface area contributed by atoms with Gasteiger partial charge in [-0.2, -0.15) is 0 Å². The molecule has 1 heterocycles. The Labute approximate surface area is 110 Å². The maximum absolute atomic E-state index is 5.68. The predicted molar refractivity (Wildman–Crippen MR) is 76.2 cm³/mol. The fourth-order valence-electron chi connectivity index (χ4n) is 3.19. The van der Waals surface area contributed by atoms with E-state index in [2.05, 4.69) is 23.9 Å². The molecule has 1 saturated carbocycles. The Kier molecular flexibility index (Phi) is 4.06. The molecule has 0 radical (unpaired) electrons. The van der Waals surface area contributed by atoms with Gasteiger partial charge in [-0.1, -0.05) is 12.2 Å². The molecule has 0 amide bonds. The molecule has 0 aromatic heterocycles. The van der Waals surface area contributed by atoms with Gasteiger partial charge in [0.1, 0.15) is 0 Å². The van der Waals surface area contributed by atoms with Crippen LogP contribution >= 0.6 is 12.2 Å². The van der Waals surface area contributed by atoms with Crippen molar-refractivity contribution >= 4 is 17.2 Å². The summed E-state index contributed by atoms with van der Waals surface area (Å²) in [6.07, 6.45) is 4.90. The van der Waals surface area contributed by atoms with Crippen LogP contribution in [0.5, 0.6) is 0 Å². The largest absolute Gasteiger partial charge is 0.393 e. The summed E-state index contributed by atoms with van der Waals surface area (Å²) < 4.78 is 0. The van der Waals surface area contributed by atoms with Gasteiger partial charge in [0.2, 0.25) is 0 Å². The van der Waals surface area contributed by atoms with Gasteiger partial charge in [0, 0.05) is 26.1 Å². The van der Waals surface area contributed by atoms with Crippen LogP contribution in [0.25, 0.3) is 0 Å². The van der Waals surface area contributed by atoms with Crippen molar-refractivity contribution in [3.63, 3.8) is 0 Å². The van der Waals surface area contributed by atoms with Crippen LogP contribution in [0, 0.1) is 11.3 Å². The number of hydrogen-bond acceptors (Lipinski definition) is 3. The van der Waals surface area contributed by atoms with Crippen LogP contribution in [0.2, 0.25) is 0 Å². The van der Waals surface area contributed by atoms with Crippen LogP contribution in [0.1, 0.15) is 25.7 Å². The molecule has 2 aliphatic rings. The maximum Gasteiger partial charge on any atom is 0.0733 e. The molecule has 3 nitrogen and oxygen atoms in total. The molecule has 0 aromatic carbocycles. The summed E-state index contributed by atoms with van der Waals surface area (Å²) in [5.74, 6) is 0.852. The molecule has 1 aliphatic heterocycles. The minimum Gasteiger partial charge on any atom is -0.393 e. The fourth-order valence-corrected chi connectivity index (χ4v) is 3.50. The minimum atomic E-state index is 0.436. The van der Waals surface area contributed by atoms with Gasteiger partial charge in [-0.15, -0.1) is 0 Å². The first kappa shape index (κ1) is 13.2. The minimum absolute atomic E-state index is 0.436. The van der Waals surface area contributed by atoms with Crippen molar-refractivity contribution in [2.24, 2.45) is 17.1 Å². The van der Waals surface area contributed by atoms with Crippen molar-refractivity contribution in [3.05, 3.63) is 0 Å². The first-order valence-corrected chi connectivity index (χ1v) is 7.05. The van der Waals surface area contributed by atoms with Crippen LogP contribution in [0.15, 0.2) is 0 Å². The topological polar surface area (TPSA) is 32.5 Å². The summed E-state index contributed by atoms with van der Waals surface area (Å²) in [6.45, 7) is 4.91. The van der Waals surface area contributed by atoms with Gasteiger partial charge in [0.05, 0.1) is 4.99 Å². The normalized spacial score (nSPS) is 27.6. The SMILES string of the molecule is CN1CCC(CN(C)CC2(CC(N)=S)CC2)C1. The lowest BCUT2D eigenvalue weighted by Gasteiger charge is -2.25. The van der Waals surface area contributed by atoms with Gasteiger partial charge < -0.3 is 15.5 Å². The average Bonchev–Trinajstić information content (AvgIpc) is 2.80. The van der Waals surface area contributed by atoms with E-state index in [0.717, 1.165) is 12.3 Å². The fraction of sp³-hybridized carbons (Fsp3) is 0.923. The number of likely N-dealkylation sites (tertiary alicyclic amines) is 1. The third kappa shape index (κ3) is 3.90. The number of nitrogens with zero attached hydrogens (tertiary/aromatic N) is 2. The number of thiocarbonyl (C=S) groups is 1. The van der Waals surface area contributed by atoms with Crippen molar-refractivity contribution in [2.45, 2.75) is 25.7 Å². The highest BCUT2D eigenvalue weighted by Crippen LogP contribution is 2.49. The Morgan fingerprint density at radius 2 is 2.24 bits per heavy atom. The van der Waals surface area contributed by atoms with E-state index in [1.807, 2.05) is 0 Å². The Morgan fingerprint density at radius 3 is 2.71 bits per heavy atom. The van der Waals surface area contributed by atoms with Crippen LogP contribution in [-0.4, -0.2) is 55.1 Å². The average molecular weight is 255 g/mol. The van der Waals surface area contributed by atoms with E-state index < -0.39 is 0 Å². The Bertz CT molecular complexity index is 288. The molecule has 0 bridgehead atoms. The lowest BCUT2D eigenvalue weighted by molar-refractivity contribution is 0.229. The molecular formula is C13H25N3S. The van der Waals surface area contributed by atoms with Crippen LogP contribution < -0.4 is 5.73 Å². The monoisotopic (exact) mass is 255 g/mol. The molecule has 1 unspecified atom stereocenters. The molecule has 2 rings (SSSR count). The Hall–Kier alpha value is -0.190. The number of hydrogen-bond donors (Lipinski definition) is 1. The van der Waals surface area contributed by atoms with Crippen LogP contribution in [0.3, 0.4) is 0 Å². The van der Waals surface area contributed by atoms with E-state index in [9.17, 15) is 0 Å². The maximum atomic E-state index is 5.68. The quantitative estimate of drug-likeness (QED) is 0.726. The Balaban J connectivity index is 1.73. The lowest BCUT2D eigenvalue weighted by Crippen LogP contribution is -2.33. The first-order valence-electron chi connectivity index (χ1n) is 6.64. The van der Waals surface area contributed by atoms with E-state index in [1.54, 1.807) is 0 Å². The molecule has 2 fully saturated rings. The second kappa shape index (κ2) is 5.21. The molecule has 0 aromatic rings. The molecule has 17 heavy (non-hydrogen) atoms. The second-order valence-corrected chi connectivity index (χ2v) is 6.78. The van der Waals surface area contributed by atoms with Crippen molar-refractivity contribution in [2.75, 3.05) is 40.3 Å². The second-order valence-electron chi connectivity index (χ2n) is 6.26. The highest BCUT2D eigenvalue weighted by atomic mass is 32.1. The van der Waals surface area contributed by atoms with E-state index in [-0.39, 0.29) is 0 Å². The summed E-state index contributed by atoms with van der Waals surface area (Å²) >= 11 is 5.05. The zero-order valence-corrected chi connectivity index (χ0v) is 11.9. The Morgan fingerprint density at radius 1 is 1.53 bits per heavy atom. The van der Waals surface area contributed by atoms with Crippen LogP contribution in [0.4, 0.5) is 0 Å². The highest BCUT2D eigenvalue weighted by molar-refractivity contribution is 7.80. The zero-order valence-electron chi connectivity index (χ0n) is 11.1. The van der Waals surface area contributed by atoms with Crippen molar-refractivity contribution in [1.29, 1.82) is 0 Å². The van der Waals surface area contributed by atoms with Crippen molar-refractivity contribution in [1.82, 2.24) is 9.80 Å². The molecule has 1 atom stereocenters. The van der Waals surface area contributed by atoms with E-state index in [4.69, 9.17) is 18.0 Å². The lowest BCUT2D eigenvalue weighted by atomic mass is 10.0. The smallest absolute Gasteiger partial charge is 0.0733 e. The molecule has 1 aliphatic carbocycles. The van der Waals surface area contributed by atoms with Gasteiger partial charge in [0.15, 0.2) is 0 Å². The molecule has 4 heteroatoms. The van der Waals surface area contributed by atoms with E-state index >= 15 is 0 Å². The summed E-state index contributed by atoms with van der Waals surface area (Å²) in [6, 6.07) is 0. The predicted octanol–water partition coefficient (Wildman–Crippen LogP) is 1.33. The van der Waals surface area contributed by atoms with E-state index in [1.165, 1.54) is 45.4 Å². The van der Waals surface area contributed by atoms with Gasteiger partial charge in [-0.3, -0.25) is 0 Å². The van der Waals surface area contributed by atoms with Gasteiger partial charge in [-0.25, -0.2) is 0 Å². The first-order chi connectivity index (χ1) is 7.99. The summed E-state index contributed by atoms with van der Waals surface area (Å²) in [5.41, 5.74) is 6.12. The van der Waals surface area contributed by atoms with Crippen LogP contribution in [-0.2, 0) is 0 Å². The molecule has 0 spiro atoms. The van der Waals surface area contributed by atoms with Gasteiger partial charge >= 0.3 is 0 Å². The third-order valence-electron chi connectivity index (χ3n) is 4.17. The third-order valence-corrected chi connectivity index (χ3v) is 4.31.